The first-order chi connectivity index (χ1) is 6.41. The van der Waals surface area contributed by atoms with Crippen LogP contribution in [0.15, 0.2) is 45.8 Å². The minimum atomic E-state index is -0.750. The summed E-state index contributed by atoms with van der Waals surface area (Å²) < 4.78 is 16.6. The van der Waals surface area contributed by atoms with E-state index < -0.39 is 11.6 Å². The second kappa shape index (κ2) is 15.7. The van der Waals surface area contributed by atoms with E-state index in [0.717, 1.165) is 0 Å². The Morgan fingerprint density at radius 1 is 0.786 bits per heavy atom. The third kappa shape index (κ3) is 14.7. The van der Waals surface area contributed by atoms with E-state index in [2.05, 4.69) is 0 Å². The minimum absolute atomic E-state index is 0. The van der Waals surface area contributed by atoms with Gasteiger partial charge < -0.3 is 1.43 Å². The summed E-state index contributed by atoms with van der Waals surface area (Å²) in [6, 6.07) is 8.07. The van der Waals surface area contributed by atoms with Crippen molar-refractivity contribution in [1.29, 1.82) is 0 Å². The zero-order valence-electron chi connectivity index (χ0n) is 8.66. The first kappa shape index (κ1) is 16.6. The summed E-state index contributed by atoms with van der Waals surface area (Å²) in [6.45, 7) is 0. The molecule has 6 heteroatoms. The number of hydrogen-bond acceptors (Lipinski definition) is 4. The fraction of sp³-hybridized carbons (Fsp3) is 0. The fourth-order valence-corrected chi connectivity index (χ4v) is 1.36. The summed E-state index contributed by atoms with van der Waals surface area (Å²) in [5, 5.41) is 8.17. The van der Waals surface area contributed by atoms with Gasteiger partial charge in [0.15, 0.2) is 0 Å². The second-order valence-corrected chi connectivity index (χ2v) is 3.42. The van der Waals surface area contributed by atoms with Crippen LogP contribution in [0.4, 0.5) is 0 Å². The molecule has 72 valence electrons. The molecule has 2 aromatic rings. The Morgan fingerprint density at radius 2 is 1.00 bits per heavy atom. The van der Waals surface area contributed by atoms with E-state index in [4.69, 9.17) is 8.42 Å². The molecule has 2 rings (SSSR count). The smallest absolute Gasteiger partial charge is 1.00 e. The van der Waals surface area contributed by atoms with E-state index in [1.807, 2.05) is 45.8 Å². The fourth-order valence-electron chi connectivity index (χ4n) is 0.454. The predicted molar refractivity (Wildman–Crippen MR) is 58.7 cm³/mol. The van der Waals surface area contributed by atoms with Gasteiger partial charge in [0.25, 0.3) is 0 Å². The average Bonchev–Trinajstić information content (AvgIpc) is 2.85. The van der Waals surface area contributed by atoms with Gasteiger partial charge in [0, 0.05) is 0 Å². The molecule has 0 fully saturated rings. The molecule has 0 radical (unpaired) electrons. The molecule has 0 aliphatic rings. The van der Waals surface area contributed by atoms with Gasteiger partial charge in [0.1, 0.15) is 0 Å². The zero-order valence-corrected chi connectivity index (χ0v) is 12.1. The van der Waals surface area contributed by atoms with E-state index in [1.165, 1.54) is 0 Å². The van der Waals surface area contributed by atoms with Crippen LogP contribution in [0.3, 0.4) is 0 Å². The summed E-state index contributed by atoms with van der Waals surface area (Å²) in [4.78, 5) is 0. The maximum absolute atomic E-state index is 8.29. The first-order valence-corrected chi connectivity index (χ1v) is 5.83. The van der Waals surface area contributed by atoms with Crippen LogP contribution in [0.2, 0.25) is 0 Å². The molecule has 0 saturated carbocycles. The number of hydrogen-bond donors (Lipinski definition) is 0. The topological polar surface area (TPSA) is 34.1 Å². The van der Waals surface area contributed by atoms with Gasteiger partial charge in [0.05, 0.1) is 0 Å². The summed E-state index contributed by atoms with van der Waals surface area (Å²) in [5.41, 5.74) is 0. The van der Waals surface area contributed by atoms with Gasteiger partial charge in [-0.15, -0.1) is 0 Å². The maximum Gasteiger partial charge on any atom is 1.00 e. The molecule has 0 bridgehead atoms. The van der Waals surface area contributed by atoms with Gasteiger partial charge in [-0.1, -0.05) is 24.3 Å². The third-order valence-corrected chi connectivity index (χ3v) is 2.11. The second-order valence-electron chi connectivity index (χ2n) is 1.65. The first-order valence-electron chi connectivity index (χ1n) is 3.28. The minimum Gasteiger partial charge on any atom is -1.00 e. The van der Waals surface area contributed by atoms with Crippen LogP contribution in [0.5, 0.6) is 0 Å². The summed E-state index contributed by atoms with van der Waals surface area (Å²) in [6.07, 6.45) is 0. The Bertz CT molecular complexity index is 233. The molecule has 0 amide bonds. The largest absolute Gasteiger partial charge is 1.00 e. The summed E-state index contributed by atoms with van der Waals surface area (Å²) in [5.74, 6) is 0. The van der Waals surface area contributed by atoms with Crippen molar-refractivity contribution in [3.05, 3.63) is 45.8 Å². The predicted octanol–water partition coefficient (Wildman–Crippen LogP) is -0.0575. The molecule has 0 aromatic carbocycles. The standard InChI is InChI=1S/2C4H4S.Na.O2S.H/c2*1-2-4-5-3-1;;1-3-2;/h2*1-4H;;;/q;;+1;;-1. The Kier molecular flexibility index (Phi) is 18.6. The van der Waals surface area contributed by atoms with Crippen molar-refractivity contribution in [3.8, 4) is 0 Å². The van der Waals surface area contributed by atoms with E-state index in [-0.39, 0.29) is 31.0 Å². The zero-order chi connectivity index (χ0) is 9.78. The van der Waals surface area contributed by atoms with Crippen molar-refractivity contribution in [2.45, 2.75) is 0 Å². The van der Waals surface area contributed by atoms with Crippen molar-refractivity contribution in [1.82, 2.24) is 0 Å². The third-order valence-electron chi connectivity index (χ3n) is 0.851. The van der Waals surface area contributed by atoms with Gasteiger partial charge in [-0.3, -0.25) is 0 Å². The van der Waals surface area contributed by atoms with Crippen LogP contribution < -0.4 is 29.6 Å². The normalized spacial score (nSPS) is 6.57. The molecule has 0 saturated heterocycles. The molecule has 0 spiro atoms. The molecule has 0 aliphatic heterocycles. The van der Waals surface area contributed by atoms with Crippen LogP contribution in [-0.4, -0.2) is 8.42 Å². The maximum atomic E-state index is 8.29. The van der Waals surface area contributed by atoms with Crippen molar-refractivity contribution in [3.63, 3.8) is 0 Å². The van der Waals surface area contributed by atoms with Crippen molar-refractivity contribution in [2.75, 3.05) is 0 Å². The van der Waals surface area contributed by atoms with E-state index in [1.54, 1.807) is 22.7 Å². The van der Waals surface area contributed by atoms with Crippen LogP contribution in [0.25, 0.3) is 0 Å². The Labute approximate surface area is 118 Å². The van der Waals surface area contributed by atoms with Crippen LogP contribution in [0, 0.1) is 0 Å². The monoisotopic (exact) mass is 256 g/mol. The Balaban J connectivity index is -0.000000140. The van der Waals surface area contributed by atoms with Crippen LogP contribution in [-0.2, 0) is 11.6 Å². The molecule has 14 heavy (non-hydrogen) atoms. The summed E-state index contributed by atoms with van der Waals surface area (Å²) >= 11 is 2.68. The van der Waals surface area contributed by atoms with Crippen LogP contribution in [0.1, 0.15) is 1.43 Å². The number of rotatable bonds is 0. The molecular formula is C8H9NaO2S3. The van der Waals surface area contributed by atoms with Gasteiger partial charge in [0.2, 0.25) is 0 Å². The Hall–Kier alpha value is 0.220. The molecule has 0 atom stereocenters. The Morgan fingerprint density at radius 3 is 1.07 bits per heavy atom. The van der Waals surface area contributed by atoms with Gasteiger partial charge in [-0.25, -0.2) is 0 Å². The SMILES string of the molecule is O=S=O.[H-].[Na+].c1ccsc1.c1ccsc1. The van der Waals surface area contributed by atoms with Crippen LogP contribution >= 0.6 is 22.7 Å². The summed E-state index contributed by atoms with van der Waals surface area (Å²) in [7, 11) is 0. The molecular weight excluding hydrogens is 247 g/mol. The van der Waals surface area contributed by atoms with E-state index in [9.17, 15) is 0 Å². The van der Waals surface area contributed by atoms with Gasteiger partial charge >= 0.3 is 41.1 Å². The molecule has 0 N–H and O–H groups in total. The molecule has 2 aromatic heterocycles. The van der Waals surface area contributed by atoms with Gasteiger partial charge in [-0.2, -0.15) is 31.1 Å². The van der Waals surface area contributed by atoms with Gasteiger partial charge in [-0.05, 0) is 21.5 Å². The van der Waals surface area contributed by atoms with Crippen molar-refractivity contribution >= 4 is 34.2 Å². The van der Waals surface area contributed by atoms with E-state index >= 15 is 0 Å². The molecule has 2 heterocycles. The molecule has 0 unspecified atom stereocenters. The van der Waals surface area contributed by atoms with E-state index in [0.29, 0.717) is 0 Å². The average molecular weight is 256 g/mol. The van der Waals surface area contributed by atoms with Crippen molar-refractivity contribution < 1.29 is 39.4 Å². The quantitative estimate of drug-likeness (QED) is 0.619. The molecule has 2 nitrogen and oxygen atoms in total. The molecule has 0 aliphatic carbocycles. The van der Waals surface area contributed by atoms with Crippen molar-refractivity contribution in [2.24, 2.45) is 0 Å². The number of thiophene rings is 2.